The Bertz CT molecular complexity index is 356. The quantitative estimate of drug-likeness (QED) is 0.713. The van der Waals surface area contributed by atoms with Gasteiger partial charge in [0.05, 0.1) is 0 Å². The molecule has 0 saturated heterocycles. The zero-order valence-corrected chi connectivity index (χ0v) is 10.5. The minimum Gasteiger partial charge on any atom is -0.328 e. The molecule has 1 nitrogen and oxygen atoms in total. The summed E-state index contributed by atoms with van der Waals surface area (Å²) in [6.07, 6.45) is 6.35. The van der Waals surface area contributed by atoms with Gasteiger partial charge in [-0.2, -0.15) is 0 Å². The van der Waals surface area contributed by atoms with Gasteiger partial charge in [-0.05, 0) is 55.7 Å². The monoisotopic (exact) mass is 217 g/mol. The fraction of sp³-hybridized carbons (Fsp3) is 0.600. The molecule has 0 heterocycles. The number of aryl methyl sites for hydroxylation is 1. The number of nitrogens with two attached hydrogens (primary N) is 1. The minimum atomic E-state index is 0.410. The van der Waals surface area contributed by atoms with Crippen LogP contribution in [0.5, 0.6) is 0 Å². The van der Waals surface area contributed by atoms with E-state index in [1.807, 2.05) is 0 Å². The van der Waals surface area contributed by atoms with Gasteiger partial charge in [0.15, 0.2) is 0 Å². The number of benzene rings is 1. The Morgan fingerprint density at radius 3 is 2.69 bits per heavy atom. The van der Waals surface area contributed by atoms with E-state index in [0.717, 1.165) is 0 Å². The van der Waals surface area contributed by atoms with E-state index in [9.17, 15) is 0 Å². The predicted octanol–water partition coefficient (Wildman–Crippen LogP) is 3.68. The van der Waals surface area contributed by atoms with Gasteiger partial charge in [0.2, 0.25) is 0 Å². The summed E-state index contributed by atoms with van der Waals surface area (Å²) in [4.78, 5) is 0. The highest BCUT2D eigenvalue weighted by Crippen LogP contribution is 2.33. The predicted molar refractivity (Wildman–Crippen MR) is 69.7 cm³/mol. The maximum Gasteiger partial charge on any atom is 0.00446 e. The van der Waals surface area contributed by atoms with Crippen LogP contribution in [0.4, 0.5) is 0 Å². The highest BCUT2D eigenvalue weighted by atomic mass is 14.6. The lowest BCUT2D eigenvalue weighted by Crippen LogP contribution is -2.21. The molecule has 1 fully saturated rings. The Morgan fingerprint density at radius 2 is 1.88 bits per heavy atom. The summed E-state index contributed by atoms with van der Waals surface area (Å²) in [5.41, 5.74) is 10.6. The summed E-state index contributed by atoms with van der Waals surface area (Å²) in [6.45, 7) is 4.45. The van der Waals surface area contributed by atoms with Crippen molar-refractivity contribution < 1.29 is 0 Å². The van der Waals surface area contributed by atoms with Crippen molar-refractivity contribution in [3.8, 4) is 0 Å². The molecule has 2 rings (SSSR count). The number of hydrogen-bond acceptors (Lipinski definition) is 1. The molecule has 1 aromatic rings. The van der Waals surface area contributed by atoms with Gasteiger partial charge in [-0.3, -0.25) is 0 Å². The zero-order chi connectivity index (χ0) is 11.5. The fourth-order valence-corrected chi connectivity index (χ4v) is 2.90. The maximum atomic E-state index is 6.15. The summed E-state index contributed by atoms with van der Waals surface area (Å²) in [7, 11) is 0. The molecule has 2 N–H and O–H groups in total. The van der Waals surface area contributed by atoms with Crippen molar-refractivity contribution >= 4 is 0 Å². The standard InChI is InChI=1S/C15H23N/c1-11-6-5-9-15(12(11)2)13-7-3-4-8-14(16)10-13/h5-6,9,13-14H,3-4,7-8,10,16H2,1-2H3. The van der Waals surface area contributed by atoms with Gasteiger partial charge < -0.3 is 5.73 Å². The van der Waals surface area contributed by atoms with E-state index >= 15 is 0 Å². The first-order valence-corrected chi connectivity index (χ1v) is 6.50. The lowest BCUT2D eigenvalue weighted by Gasteiger charge is -2.20. The summed E-state index contributed by atoms with van der Waals surface area (Å²) in [5, 5.41) is 0. The molecule has 1 aliphatic rings. The summed E-state index contributed by atoms with van der Waals surface area (Å²) >= 11 is 0. The molecule has 16 heavy (non-hydrogen) atoms. The molecule has 1 aliphatic carbocycles. The first-order chi connectivity index (χ1) is 7.68. The van der Waals surface area contributed by atoms with Gasteiger partial charge in [-0.15, -0.1) is 0 Å². The highest BCUT2D eigenvalue weighted by molar-refractivity contribution is 5.35. The Labute approximate surface area is 99.0 Å². The second-order valence-electron chi connectivity index (χ2n) is 5.27. The first kappa shape index (κ1) is 11.7. The van der Waals surface area contributed by atoms with E-state index in [0.29, 0.717) is 12.0 Å². The third-order valence-corrected chi connectivity index (χ3v) is 4.05. The van der Waals surface area contributed by atoms with E-state index in [2.05, 4.69) is 32.0 Å². The summed E-state index contributed by atoms with van der Waals surface area (Å²) in [6, 6.07) is 7.10. The van der Waals surface area contributed by atoms with E-state index in [4.69, 9.17) is 5.73 Å². The van der Waals surface area contributed by atoms with Crippen LogP contribution in [0, 0.1) is 13.8 Å². The molecule has 0 bridgehead atoms. The Kier molecular flexibility index (Phi) is 3.65. The van der Waals surface area contributed by atoms with Crippen LogP contribution < -0.4 is 5.73 Å². The molecule has 1 saturated carbocycles. The van der Waals surface area contributed by atoms with Crippen molar-refractivity contribution in [3.63, 3.8) is 0 Å². The molecule has 0 spiro atoms. The lowest BCUT2D eigenvalue weighted by molar-refractivity contribution is 0.533. The second kappa shape index (κ2) is 5.01. The van der Waals surface area contributed by atoms with Crippen molar-refractivity contribution in [2.45, 2.75) is 57.9 Å². The SMILES string of the molecule is Cc1cccc(C2CCCCC(N)C2)c1C. The smallest absolute Gasteiger partial charge is 0.00446 e. The largest absolute Gasteiger partial charge is 0.328 e. The maximum absolute atomic E-state index is 6.15. The number of hydrogen-bond donors (Lipinski definition) is 1. The average Bonchev–Trinajstić information content (AvgIpc) is 2.47. The molecule has 0 radical (unpaired) electrons. The van der Waals surface area contributed by atoms with Crippen molar-refractivity contribution in [2.75, 3.05) is 0 Å². The average molecular weight is 217 g/mol. The van der Waals surface area contributed by atoms with Crippen LogP contribution in [0.1, 0.15) is 54.7 Å². The molecule has 0 amide bonds. The molecule has 1 aromatic carbocycles. The van der Waals surface area contributed by atoms with Crippen molar-refractivity contribution in [2.24, 2.45) is 5.73 Å². The van der Waals surface area contributed by atoms with Crippen LogP contribution in [-0.4, -0.2) is 6.04 Å². The molecule has 2 atom stereocenters. The van der Waals surface area contributed by atoms with Crippen LogP contribution in [0.3, 0.4) is 0 Å². The second-order valence-corrected chi connectivity index (χ2v) is 5.27. The molecule has 1 heteroatoms. The van der Waals surface area contributed by atoms with Crippen LogP contribution in [0.25, 0.3) is 0 Å². The summed E-state index contributed by atoms with van der Waals surface area (Å²) in [5.74, 6) is 0.692. The van der Waals surface area contributed by atoms with Gasteiger partial charge in [-0.1, -0.05) is 31.0 Å². The van der Waals surface area contributed by atoms with Gasteiger partial charge in [0.25, 0.3) is 0 Å². The Hall–Kier alpha value is -0.820. The normalized spacial score (nSPS) is 26.4. The van der Waals surface area contributed by atoms with Gasteiger partial charge in [0, 0.05) is 6.04 Å². The van der Waals surface area contributed by atoms with E-state index in [-0.39, 0.29) is 0 Å². The lowest BCUT2D eigenvalue weighted by atomic mass is 9.86. The third-order valence-electron chi connectivity index (χ3n) is 4.05. The van der Waals surface area contributed by atoms with Crippen LogP contribution in [0.2, 0.25) is 0 Å². The third kappa shape index (κ3) is 2.46. The molecule has 88 valence electrons. The van der Waals surface area contributed by atoms with Gasteiger partial charge in [0.1, 0.15) is 0 Å². The molecule has 0 aliphatic heterocycles. The summed E-state index contributed by atoms with van der Waals surface area (Å²) < 4.78 is 0. The minimum absolute atomic E-state index is 0.410. The zero-order valence-electron chi connectivity index (χ0n) is 10.5. The van der Waals surface area contributed by atoms with Crippen LogP contribution >= 0.6 is 0 Å². The molecular weight excluding hydrogens is 194 g/mol. The van der Waals surface area contributed by atoms with Crippen LogP contribution in [0.15, 0.2) is 18.2 Å². The molecular formula is C15H23N. The first-order valence-electron chi connectivity index (χ1n) is 6.50. The van der Waals surface area contributed by atoms with E-state index in [1.165, 1.54) is 48.8 Å². The van der Waals surface area contributed by atoms with Crippen LogP contribution in [-0.2, 0) is 0 Å². The molecule has 0 aromatic heterocycles. The van der Waals surface area contributed by atoms with Gasteiger partial charge >= 0.3 is 0 Å². The number of rotatable bonds is 1. The van der Waals surface area contributed by atoms with Crippen molar-refractivity contribution in [3.05, 3.63) is 34.9 Å². The Morgan fingerprint density at radius 1 is 1.12 bits per heavy atom. The van der Waals surface area contributed by atoms with Gasteiger partial charge in [-0.25, -0.2) is 0 Å². The topological polar surface area (TPSA) is 26.0 Å². The van der Waals surface area contributed by atoms with E-state index < -0.39 is 0 Å². The highest BCUT2D eigenvalue weighted by Gasteiger charge is 2.20. The molecule has 2 unspecified atom stereocenters. The van der Waals surface area contributed by atoms with E-state index in [1.54, 1.807) is 0 Å². The van der Waals surface area contributed by atoms with Crippen molar-refractivity contribution in [1.82, 2.24) is 0 Å². The fourth-order valence-electron chi connectivity index (χ4n) is 2.90. The van der Waals surface area contributed by atoms with Crippen molar-refractivity contribution in [1.29, 1.82) is 0 Å². The Balaban J connectivity index is 2.24.